The van der Waals surface area contributed by atoms with E-state index in [1.54, 1.807) is 19.2 Å². The first-order valence-corrected chi connectivity index (χ1v) is 15.5. The molecule has 0 saturated heterocycles. The number of aryl methyl sites for hydroxylation is 1. The molecule has 2 amide bonds. The number of carbonyl (C=O) groups is 3. The summed E-state index contributed by atoms with van der Waals surface area (Å²) in [5.74, 6) is -0.0230. The summed E-state index contributed by atoms with van der Waals surface area (Å²) >= 11 is 1.14. The minimum atomic E-state index is -0.627. The van der Waals surface area contributed by atoms with Gasteiger partial charge in [0, 0.05) is 12.5 Å². The van der Waals surface area contributed by atoms with Crippen LogP contribution in [0, 0.1) is 0 Å². The fraction of sp³-hybridized carbons (Fsp3) is 0.265. The Kier molecular flexibility index (Phi) is 10.0. The second kappa shape index (κ2) is 14.3. The van der Waals surface area contributed by atoms with Crippen molar-refractivity contribution in [3.63, 3.8) is 0 Å². The molecule has 5 rings (SSSR count). The first kappa shape index (κ1) is 32.9. The Labute approximate surface area is 275 Å². The number of nitrogens with one attached hydrogen (secondary N) is 3. The zero-order chi connectivity index (χ0) is 33.7. The first-order valence-electron chi connectivity index (χ1n) is 14.6. The molecule has 1 aliphatic rings. The molecule has 244 valence electrons. The molecule has 1 aliphatic carbocycles. The van der Waals surface area contributed by atoms with Crippen molar-refractivity contribution in [3.05, 3.63) is 81.6 Å². The van der Waals surface area contributed by atoms with Gasteiger partial charge in [-0.2, -0.15) is 0 Å². The number of benzene rings is 2. The fourth-order valence-corrected chi connectivity index (χ4v) is 6.56. The Morgan fingerprint density at radius 3 is 2.36 bits per heavy atom. The standard InChI is InChI=1S/C34H34N4O8S/c1-18(39)36-23-13-11-20-15-26(43-2)30(44-3)31(45-4)28(20)21-12-14-24(25(40)16-22(21)23)35-17-27(41)37-34-38-29(33(42)46-5)32(47-34)19-9-7-6-8-10-19/h6-10,12,14-16,23H,11,13,17H2,1-5H3,(H,35,40)(H,36,39)(H,37,38,41)/t23-/m1/s1. The second-order valence-corrected chi connectivity index (χ2v) is 11.6. The van der Waals surface area contributed by atoms with Crippen LogP contribution in [0.5, 0.6) is 17.2 Å². The number of fused-ring (bicyclic) bond motifs is 3. The van der Waals surface area contributed by atoms with Gasteiger partial charge >= 0.3 is 5.97 Å². The number of anilines is 2. The van der Waals surface area contributed by atoms with Gasteiger partial charge < -0.3 is 34.9 Å². The number of carbonyl (C=O) groups excluding carboxylic acids is 3. The van der Waals surface area contributed by atoms with Crippen LogP contribution in [-0.4, -0.2) is 57.8 Å². The molecule has 12 nitrogen and oxygen atoms in total. The summed E-state index contributed by atoms with van der Waals surface area (Å²) < 4.78 is 21.9. The van der Waals surface area contributed by atoms with E-state index in [1.807, 2.05) is 36.4 Å². The number of rotatable bonds is 10. The van der Waals surface area contributed by atoms with Gasteiger partial charge in [-0.3, -0.25) is 14.4 Å². The number of esters is 1. The minimum absolute atomic E-state index is 0.0871. The normalized spacial score (nSPS) is 13.3. The number of methoxy groups -OCH3 is 4. The van der Waals surface area contributed by atoms with Crippen molar-refractivity contribution < 1.29 is 33.3 Å². The van der Waals surface area contributed by atoms with Crippen molar-refractivity contribution >= 4 is 39.9 Å². The highest BCUT2D eigenvalue weighted by molar-refractivity contribution is 7.19. The van der Waals surface area contributed by atoms with E-state index in [1.165, 1.54) is 34.3 Å². The quantitative estimate of drug-likeness (QED) is 0.202. The second-order valence-electron chi connectivity index (χ2n) is 10.6. The van der Waals surface area contributed by atoms with Crippen molar-refractivity contribution in [2.24, 2.45) is 0 Å². The maximum atomic E-state index is 13.6. The highest BCUT2D eigenvalue weighted by Gasteiger charge is 2.29. The van der Waals surface area contributed by atoms with Crippen molar-refractivity contribution in [1.82, 2.24) is 10.3 Å². The number of aromatic nitrogens is 1. The van der Waals surface area contributed by atoms with E-state index < -0.39 is 17.9 Å². The van der Waals surface area contributed by atoms with Gasteiger partial charge in [-0.05, 0) is 53.3 Å². The predicted octanol–water partition coefficient (Wildman–Crippen LogP) is 4.82. The van der Waals surface area contributed by atoms with Gasteiger partial charge in [0.05, 0.1) is 51.6 Å². The van der Waals surface area contributed by atoms with Crippen LogP contribution >= 0.6 is 11.3 Å². The van der Waals surface area contributed by atoms with Crippen LogP contribution in [0.15, 0.2) is 59.4 Å². The first-order chi connectivity index (χ1) is 22.7. The SMILES string of the molecule is COC(=O)c1nc(NC(=O)CNc2ccc3c(cc2=O)[C@H](NC(C)=O)CCc2cc(OC)c(OC)c(OC)c2-3)sc1-c1ccccc1. The summed E-state index contributed by atoms with van der Waals surface area (Å²) in [4.78, 5) is 56.0. The monoisotopic (exact) mass is 658 g/mol. The zero-order valence-electron chi connectivity index (χ0n) is 26.5. The molecule has 0 aliphatic heterocycles. The lowest BCUT2D eigenvalue weighted by molar-refractivity contribution is -0.119. The van der Waals surface area contributed by atoms with E-state index in [4.69, 9.17) is 18.9 Å². The lowest BCUT2D eigenvalue weighted by Gasteiger charge is -2.19. The largest absolute Gasteiger partial charge is 0.493 e. The zero-order valence-corrected chi connectivity index (χ0v) is 27.3. The smallest absolute Gasteiger partial charge is 0.358 e. The maximum Gasteiger partial charge on any atom is 0.358 e. The molecule has 13 heteroatoms. The summed E-state index contributed by atoms with van der Waals surface area (Å²) in [5.41, 5.74) is 3.49. The van der Waals surface area contributed by atoms with E-state index in [-0.39, 0.29) is 34.4 Å². The van der Waals surface area contributed by atoms with Crippen molar-refractivity contribution in [1.29, 1.82) is 0 Å². The Hall–Kier alpha value is -5.43. The maximum absolute atomic E-state index is 13.6. The third kappa shape index (κ3) is 6.89. The van der Waals surface area contributed by atoms with Crippen molar-refractivity contribution in [2.45, 2.75) is 25.8 Å². The van der Waals surface area contributed by atoms with Gasteiger partial charge in [0.15, 0.2) is 22.3 Å². The average molecular weight is 659 g/mol. The molecule has 0 radical (unpaired) electrons. The number of thiazole rings is 1. The van der Waals surface area contributed by atoms with E-state index in [2.05, 4.69) is 20.9 Å². The Morgan fingerprint density at radius 1 is 0.957 bits per heavy atom. The van der Waals surface area contributed by atoms with Crippen molar-refractivity contribution in [3.8, 4) is 38.8 Å². The fourth-order valence-electron chi connectivity index (χ4n) is 5.59. The van der Waals surface area contributed by atoms with Crippen LogP contribution in [0.25, 0.3) is 21.6 Å². The third-order valence-corrected chi connectivity index (χ3v) is 8.66. The van der Waals surface area contributed by atoms with Crippen LogP contribution in [-0.2, 0) is 20.7 Å². The van der Waals surface area contributed by atoms with Gasteiger partial charge in [-0.15, -0.1) is 0 Å². The van der Waals surface area contributed by atoms with Crippen LogP contribution in [0.3, 0.4) is 0 Å². The Balaban J connectivity index is 1.47. The molecule has 1 atom stereocenters. The summed E-state index contributed by atoms with van der Waals surface area (Å²) in [5, 5.41) is 8.80. The molecule has 47 heavy (non-hydrogen) atoms. The van der Waals surface area contributed by atoms with Gasteiger partial charge in [0.2, 0.25) is 23.0 Å². The molecule has 0 bridgehead atoms. The number of amides is 2. The lowest BCUT2D eigenvalue weighted by atomic mass is 9.95. The highest BCUT2D eigenvalue weighted by atomic mass is 32.1. The number of ether oxygens (including phenoxy) is 4. The molecule has 0 saturated carbocycles. The summed E-state index contributed by atoms with van der Waals surface area (Å²) in [7, 11) is 5.85. The molecular weight excluding hydrogens is 624 g/mol. The van der Waals surface area contributed by atoms with Gasteiger partial charge in [-0.1, -0.05) is 47.7 Å². The van der Waals surface area contributed by atoms with E-state index in [9.17, 15) is 19.2 Å². The molecule has 1 aromatic heterocycles. The van der Waals surface area contributed by atoms with Crippen LogP contribution in [0.2, 0.25) is 0 Å². The summed E-state index contributed by atoms with van der Waals surface area (Å²) in [6.45, 7) is 1.16. The van der Waals surface area contributed by atoms with Crippen molar-refractivity contribution in [2.75, 3.05) is 45.6 Å². The number of hydrogen-bond acceptors (Lipinski definition) is 11. The summed E-state index contributed by atoms with van der Waals surface area (Å²) in [6, 6.07) is 15.4. The van der Waals surface area contributed by atoms with E-state index in [0.29, 0.717) is 51.7 Å². The molecular formula is C34H34N4O8S. The summed E-state index contributed by atoms with van der Waals surface area (Å²) in [6.07, 6.45) is 1.08. The van der Waals surface area contributed by atoms with Crippen LogP contribution in [0.4, 0.5) is 10.8 Å². The third-order valence-electron chi connectivity index (χ3n) is 7.64. The highest BCUT2D eigenvalue weighted by Crippen LogP contribution is 2.50. The molecule has 4 aromatic rings. The minimum Gasteiger partial charge on any atom is -0.493 e. The van der Waals surface area contributed by atoms with Crippen LogP contribution in [0.1, 0.15) is 41.0 Å². The molecule has 3 N–H and O–H groups in total. The average Bonchev–Trinajstić information content (AvgIpc) is 3.35. The number of hydrogen-bond donors (Lipinski definition) is 3. The van der Waals surface area contributed by atoms with E-state index >= 15 is 0 Å². The topological polar surface area (TPSA) is 154 Å². The molecule has 3 aromatic carbocycles. The lowest BCUT2D eigenvalue weighted by Crippen LogP contribution is -2.27. The molecule has 1 heterocycles. The number of nitrogens with zero attached hydrogens (tertiary/aromatic N) is 1. The van der Waals surface area contributed by atoms with Crippen LogP contribution < -0.4 is 35.6 Å². The Morgan fingerprint density at radius 2 is 1.70 bits per heavy atom. The molecule has 0 unspecified atom stereocenters. The van der Waals surface area contributed by atoms with Gasteiger partial charge in [0.1, 0.15) is 0 Å². The Bertz CT molecular complexity index is 1890. The molecule has 0 fully saturated rings. The van der Waals surface area contributed by atoms with Gasteiger partial charge in [-0.25, -0.2) is 9.78 Å². The predicted molar refractivity (Wildman–Crippen MR) is 179 cm³/mol. The van der Waals surface area contributed by atoms with Gasteiger partial charge in [0.25, 0.3) is 0 Å². The molecule has 0 spiro atoms. The van der Waals surface area contributed by atoms with E-state index in [0.717, 1.165) is 22.5 Å².